The van der Waals surface area contributed by atoms with E-state index < -0.39 is 5.91 Å². The lowest BCUT2D eigenvalue weighted by molar-refractivity contribution is -0.122. The predicted octanol–water partition coefficient (Wildman–Crippen LogP) is -0.433. The van der Waals surface area contributed by atoms with Crippen molar-refractivity contribution in [3.63, 3.8) is 0 Å². The Morgan fingerprint density at radius 1 is 1.61 bits per heavy atom. The topological polar surface area (TPSA) is 99.2 Å². The Morgan fingerprint density at radius 3 is 3.06 bits per heavy atom. The van der Waals surface area contributed by atoms with Crippen LogP contribution in [0.1, 0.15) is 13.3 Å². The molecule has 18 heavy (non-hydrogen) atoms. The van der Waals surface area contributed by atoms with Crippen LogP contribution >= 0.6 is 0 Å². The predicted molar refractivity (Wildman–Crippen MR) is 67.3 cm³/mol. The fraction of sp³-hybridized carbons (Fsp3) is 0.545. The maximum absolute atomic E-state index is 11.9. The second-order valence-electron chi connectivity index (χ2n) is 3.72. The van der Waals surface area contributed by atoms with Crippen molar-refractivity contribution in [2.24, 2.45) is 5.73 Å². The number of rotatable bonds is 8. The lowest BCUT2D eigenvalue weighted by atomic mass is 10.4. The molecule has 7 nitrogen and oxygen atoms in total. The molecule has 1 rings (SSSR count). The molecule has 0 fully saturated rings. The van der Waals surface area contributed by atoms with Gasteiger partial charge < -0.3 is 20.4 Å². The van der Waals surface area contributed by atoms with E-state index in [1.807, 2.05) is 6.92 Å². The molecule has 0 aliphatic heterocycles. The molecule has 0 bridgehead atoms. The molecule has 1 amide bonds. The first kappa shape index (κ1) is 14.2. The van der Waals surface area contributed by atoms with Crippen LogP contribution < -0.4 is 16.6 Å². The largest absolute Gasteiger partial charge is 0.370 e. The minimum absolute atomic E-state index is 0.121. The summed E-state index contributed by atoms with van der Waals surface area (Å²) in [6.45, 7) is 3.22. The van der Waals surface area contributed by atoms with Crippen LogP contribution in [-0.2, 0) is 16.1 Å². The van der Waals surface area contributed by atoms with Crippen LogP contribution in [-0.4, -0.2) is 35.2 Å². The van der Waals surface area contributed by atoms with Gasteiger partial charge in [-0.25, -0.2) is 4.98 Å². The van der Waals surface area contributed by atoms with E-state index in [0.29, 0.717) is 13.1 Å². The average Bonchev–Trinajstić information content (AvgIpc) is 2.33. The van der Waals surface area contributed by atoms with Crippen LogP contribution in [0.25, 0.3) is 0 Å². The SMILES string of the molecule is CCCn1ccnc(NCCOCC(N)=O)c1=O. The molecule has 0 spiro atoms. The van der Waals surface area contributed by atoms with Crippen LogP contribution in [0.15, 0.2) is 17.2 Å². The summed E-state index contributed by atoms with van der Waals surface area (Å²) in [5.74, 6) is -0.230. The minimum atomic E-state index is -0.516. The summed E-state index contributed by atoms with van der Waals surface area (Å²) < 4.78 is 6.56. The molecule has 1 heterocycles. The molecule has 1 aromatic rings. The van der Waals surface area contributed by atoms with Gasteiger partial charge in [-0.2, -0.15) is 0 Å². The third-order valence-electron chi connectivity index (χ3n) is 2.16. The number of carbonyl (C=O) groups excluding carboxylic acids is 1. The van der Waals surface area contributed by atoms with Crippen molar-refractivity contribution >= 4 is 11.7 Å². The highest BCUT2D eigenvalue weighted by Crippen LogP contribution is 1.93. The molecule has 1 aromatic heterocycles. The van der Waals surface area contributed by atoms with Gasteiger partial charge in [0, 0.05) is 25.5 Å². The number of aromatic nitrogens is 2. The zero-order valence-corrected chi connectivity index (χ0v) is 10.4. The molecule has 0 aliphatic rings. The number of anilines is 1. The number of ether oxygens (including phenoxy) is 1. The van der Waals surface area contributed by atoms with Crippen molar-refractivity contribution in [2.75, 3.05) is 25.1 Å². The second kappa shape index (κ2) is 7.44. The van der Waals surface area contributed by atoms with Crippen LogP contribution in [0.2, 0.25) is 0 Å². The van der Waals surface area contributed by atoms with E-state index in [4.69, 9.17) is 10.5 Å². The van der Waals surface area contributed by atoms with Crippen LogP contribution in [0.3, 0.4) is 0 Å². The van der Waals surface area contributed by atoms with E-state index in [9.17, 15) is 9.59 Å². The molecule has 0 radical (unpaired) electrons. The fourth-order valence-corrected chi connectivity index (χ4v) is 1.40. The smallest absolute Gasteiger partial charge is 0.293 e. The average molecular weight is 254 g/mol. The van der Waals surface area contributed by atoms with Gasteiger partial charge in [0.05, 0.1) is 6.61 Å². The van der Waals surface area contributed by atoms with Gasteiger partial charge in [-0.1, -0.05) is 6.92 Å². The molecule has 0 atom stereocenters. The van der Waals surface area contributed by atoms with E-state index in [1.165, 1.54) is 0 Å². The standard InChI is InChI=1S/C11H18N4O3/c1-2-5-15-6-3-13-10(11(15)17)14-4-7-18-8-9(12)16/h3,6H,2,4-5,7-8H2,1H3,(H2,12,16)(H,13,14). The second-order valence-corrected chi connectivity index (χ2v) is 3.72. The number of amides is 1. The lowest BCUT2D eigenvalue weighted by Crippen LogP contribution is -2.26. The molecule has 0 saturated carbocycles. The van der Waals surface area contributed by atoms with E-state index in [0.717, 1.165) is 6.42 Å². The monoisotopic (exact) mass is 254 g/mol. The zero-order chi connectivity index (χ0) is 13.4. The molecule has 0 aliphatic carbocycles. The first-order valence-electron chi connectivity index (χ1n) is 5.80. The maximum Gasteiger partial charge on any atom is 0.293 e. The Morgan fingerprint density at radius 2 is 2.39 bits per heavy atom. The quantitative estimate of drug-likeness (QED) is 0.613. The van der Waals surface area contributed by atoms with Crippen molar-refractivity contribution in [3.8, 4) is 0 Å². The van der Waals surface area contributed by atoms with Crippen molar-refractivity contribution < 1.29 is 9.53 Å². The summed E-state index contributed by atoms with van der Waals surface area (Å²) in [7, 11) is 0. The van der Waals surface area contributed by atoms with Crippen LogP contribution in [0, 0.1) is 0 Å². The summed E-state index contributed by atoms with van der Waals surface area (Å²) in [4.78, 5) is 26.2. The van der Waals surface area contributed by atoms with E-state index >= 15 is 0 Å². The number of nitrogens with zero attached hydrogens (tertiary/aromatic N) is 2. The Balaban J connectivity index is 2.45. The number of primary amides is 1. The number of hydrogen-bond donors (Lipinski definition) is 2. The van der Waals surface area contributed by atoms with Gasteiger partial charge in [-0.3, -0.25) is 9.59 Å². The van der Waals surface area contributed by atoms with E-state index in [1.54, 1.807) is 17.0 Å². The summed E-state index contributed by atoms with van der Waals surface area (Å²) in [5, 5.41) is 2.86. The van der Waals surface area contributed by atoms with Crippen LogP contribution in [0.5, 0.6) is 0 Å². The Bertz CT molecular complexity index is 444. The molecule has 0 unspecified atom stereocenters. The lowest BCUT2D eigenvalue weighted by Gasteiger charge is -2.08. The highest BCUT2D eigenvalue weighted by atomic mass is 16.5. The third-order valence-corrected chi connectivity index (χ3v) is 2.16. The Kier molecular flexibility index (Phi) is 5.86. The fourth-order valence-electron chi connectivity index (χ4n) is 1.40. The summed E-state index contributed by atoms with van der Waals surface area (Å²) in [6, 6.07) is 0. The summed E-state index contributed by atoms with van der Waals surface area (Å²) in [6.07, 6.45) is 4.11. The maximum atomic E-state index is 11.9. The molecule has 100 valence electrons. The first-order valence-corrected chi connectivity index (χ1v) is 5.80. The van der Waals surface area contributed by atoms with Crippen molar-refractivity contribution in [2.45, 2.75) is 19.9 Å². The highest BCUT2D eigenvalue weighted by molar-refractivity contribution is 5.74. The van der Waals surface area contributed by atoms with E-state index in [-0.39, 0.29) is 24.6 Å². The highest BCUT2D eigenvalue weighted by Gasteiger charge is 2.03. The third kappa shape index (κ3) is 4.54. The van der Waals surface area contributed by atoms with Gasteiger partial charge in [0.1, 0.15) is 6.61 Å². The van der Waals surface area contributed by atoms with Crippen molar-refractivity contribution in [3.05, 3.63) is 22.7 Å². The first-order chi connectivity index (χ1) is 8.65. The van der Waals surface area contributed by atoms with Gasteiger partial charge >= 0.3 is 0 Å². The number of nitrogens with one attached hydrogen (secondary N) is 1. The van der Waals surface area contributed by atoms with Gasteiger partial charge in [0.25, 0.3) is 5.56 Å². The number of carbonyl (C=O) groups is 1. The summed E-state index contributed by atoms with van der Waals surface area (Å²) in [5.41, 5.74) is 4.75. The minimum Gasteiger partial charge on any atom is -0.370 e. The molecular formula is C11H18N4O3. The van der Waals surface area contributed by atoms with Gasteiger partial charge in [-0.05, 0) is 6.42 Å². The number of nitrogens with two attached hydrogens (primary N) is 1. The van der Waals surface area contributed by atoms with Crippen LogP contribution in [0.4, 0.5) is 5.82 Å². The molecular weight excluding hydrogens is 236 g/mol. The normalized spacial score (nSPS) is 10.3. The van der Waals surface area contributed by atoms with Crippen molar-refractivity contribution in [1.82, 2.24) is 9.55 Å². The molecule has 3 N–H and O–H groups in total. The molecule has 0 saturated heterocycles. The van der Waals surface area contributed by atoms with Gasteiger partial charge in [0.15, 0.2) is 5.82 Å². The zero-order valence-electron chi connectivity index (χ0n) is 10.4. The van der Waals surface area contributed by atoms with Gasteiger partial charge in [-0.15, -0.1) is 0 Å². The van der Waals surface area contributed by atoms with Gasteiger partial charge in [0.2, 0.25) is 5.91 Å². The summed E-state index contributed by atoms with van der Waals surface area (Å²) >= 11 is 0. The molecule has 0 aromatic carbocycles. The van der Waals surface area contributed by atoms with Crippen molar-refractivity contribution in [1.29, 1.82) is 0 Å². The Labute approximate surface area is 105 Å². The molecule has 7 heteroatoms. The van der Waals surface area contributed by atoms with E-state index in [2.05, 4.69) is 10.3 Å². The number of aryl methyl sites for hydroxylation is 1. The number of hydrogen-bond acceptors (Lipinski definition) is 5. The Hall–Kier alpha value is -1.89.